The maximum Gasteiger partial charge on any atom is 0.321 e. The van der Waals surface area contributed by atoms with Crippen LogP contribution in [-0.2, 0) is 9.59 Å². The van der Waals surface area contributed by atoms with Gasteiger partial charge < -0.3 is 16.2 Å². The predicted molar refractivity (Wildman–Crippen MR) is 70.0 cm³/mol. The molecule has 0 aromatic heterocycles. The Bertz CT molecular complexity index is 257. The maximum absolute atomic E-state index is 11.7. The van der Waals surface area contributed by atoms with E-state index >= 15 is 0 Å². The van der Waals surface area contributed by atoms with Crippen LogP contribution in [0.4, 0.5) is 0 Å². The van der Waals surface area contributed by atoms with Crippen molar-refractivity contribution in [1.29, 1.82) is 0 Å². The van der Waals surface area contributed by atoms with Gasteiger partial charge in [-0.3, -0.25) is 9.59 Å². The summed E-state index contributed by atoms with van der Waals surface area (Å²) < 4.78 is 0. The highest BCUT2D eigenvalue weighted by Gasteiger charge is 2.19. The van der Waals surface area contributed by atoms with Crippen molar-refractivity contribution < 1.29 is 14.7 Å². The largest absolute Gasteiger partial charge is 0.480 e. The van der Waals surface area contributed by atoms with Gasteiger partial charge in [0.05, 0.1) is 5.25 Å². The van der Waals surface area contributed by atoms with Crippen molar-refractivity contribution in [3.8, 4) is 0 Å². The third-order valence-corrected chi connectivity index (χ3v) is 3.81. The molecule has 1 amide bonds. The first-order chi connectivity index (χ1) is 7.92. The number of thioether (sulfide) groups is 1. The lowest BCUT2D eigenvalue weighted by Gasteiger charge is -2.18. The average molecular weight is 262 g/mol. The second kappa shape index (κ2) is 8.36. The summed E-state index contributed by atoms with van der Waals surface area (Å²) >= 11 is 1.27. The number of nitrogens with one attached hydrogen (secondary N) is 1. The Morgan fingerprint density at radius 3 is 2.29 bits per heavy atom. The first-order valence-corrected chi connectivity index (χ1v) is 6.87. The summed E-state index contributed by atoms with van der Waals surface area (Å²) in [7, 11) is 0. The normalized spacial score (nSPS) is 14.4. The molecule has 0 aromatic rings. The molecule has 0 heterocycles. The third-order valence-electron chi connectivity index (χ3n) is 2.54. The van der Waals surface area contributed by atoms with Gasteiger partial charge in [-0.05, 0) is 19.8 Å². The zero-order valence-corrected chi connectivity index (χ0v) is 11.4. The van der Waals surface area contributed by atoms with Crippen LogP contribution in [0.25, 0.3) is 0 Å². The van der Waals surface area contributed by atoms with E-state index in [-0.39, 0.29) is 23.0 Å². The van der Waals surface area contributed by atoms with Gasteiger partial charge in [0.2, 0.25) is 5.91 Å². The van der Waals surface area contributed by atoms with Gasteiger partial charge in [-0.25, -0.2) is 0 Å². The number of carbonyl (C=O) groups is 2. The van der Waals surface area contributed by atoms with E-state index in [4.69, 9.17) is 10.8 Å². The SMILES string of the molecule is CCC(CC)NC(=O)C(C)SC[C@@H](N)C(=O)O. The van der Waals surface area contributed by atoms with Crippen LogP contribution in [0, 0.1) is 0 Å². The van der Waals surface area contributed by atoms with Crippen LogP contribution in [0.15, 0.2) is 0 Å². The maximum atomic E-state index is 11.7. The lowest BCUT2D eigenvalue weighted by molar-refractivity contribution is -0.138. The second-order valence-corrected chi connectivity index (χ2v) is 5.32. The minimum atomic E-state index is -1.04. The van der Waals surface area contributed by atoms with Crippen molar-refractivity contribution in [2.45, 2.75) is 50.9 Å². The summed E-state index contributed by atoms with van der Waals surface area (Å²) in [4.78, 5) is 22.2. The number of aliphatic carboxylic acids is 1. The smallest absolute Gasteiger partial charge is 0.321 e. The Morgan fingerprint density at radius 1 is 1.35 bits per heavy atom. The molecule has 0 aliphatic rings. The van der Waals surface area contributed by atoms with Gasteiger partial charge in [-0.2, -0.15) is 0 Å². The molecular weight excluding hydrogens is 240 g/mol. The molecule has 100 valence electrons. The summed E-state index contributed by atoms with van der Waals surface area (Å²) in [6.07, 6.45) is 1.79. The van der Waals surface area contributed by atoms with Crippen LogP contribution >= 0.6 is 11.8 Å². The summed E-state index contributed by atoms with van der Waals surface area (Å²) in [6, 6.07) is -0.720. The predicted octanol–water partition coefficient (Wildman–Crippen LogP) is 0.825. The van der Waals surface area contributed by atoms with Crippen LogP contribution in [0.5, 0.6) is 0 Å². The molecule has 1 unspecified atom stereocenters. The molecule has 0 spiro atoms. The fraction of sp³-hybridized carbons (Fsp3) is 0.818. The lowest BCUT2D eigenvalue weighted by atomic mass is 10.2. The topological polar surface area (TPSA) is 92.4 Å². The molecule has 0 radical (unpaired) electrons. The van der Waals surface area contributed by atoms with Crippen molar-refractivity contribution in [3.63, 3.8) is 0 Å². The number of carbonyl (C=O) groups excluding carboxylic acids is 1. The van der Waals surface area contributed by atoms with E-state index in [1.54, 1.807) is 6.92 Å². The Balaban J connectivity index is 4.01. The number of carboxylic acid groups (broad SMARTS) is 1. The first-order valence-electron chi connectivity index (χ1n) is 5.82. The molecular formula is C11H22N2O3S. The van der Waals surface area contributed by atoms with Gasteiger partial charge in [0.25, 0.3) is 0 Å². The Morgan fingerprint density at radius 2 is 1.88 bits per heavy atom. The van der Waals surface area contributed by atoms with E-state index in [9.17, 15) is 9.59 Å². The zero-order valence-electron chi connectivity index (χ0n) is 10.6. The van der Waals surface area contributed by atoms with Crippen LogP contribution in [-0.4, -0.2) is 40.1 Å². The van der Waals surface area contributed by atoms with E-state index < -0.39 is 12.0 Å². The molecule has 0 saturated carbocycles. The minimum Gasteiger partial charge on any atom is -0.480 e. The average Bonchev–Trinajstić information content (AvgIpc) is 2.31. The van der Waals surface area contributed by atoms with Crippen LogP contribution in [0.2, 0.25) is 0 Å². The van der Waals surface area contributed by atoms with Gasteiger partial charge in [-0.1, -0.05) is 13.8 Å². The summed E-state index contributed by atoms with van der Waals surface area (Å²) in [5.74, 6) is -0.848. The quantitative estimate of drug-likeness (QED) is 0.602. The fourth-order valence-corrected chi connectivity index (χ4v) is 2.06. The number of amides is 1. The van der Waals surface area contributed by atoms with Crippen molar-refractivity contribution >= 4 is 23.6 Å². The second-order valence-electron chi connectivity index (χ2n) is 3.94. The molecule has 0 saturated heterocycles. The van der Waals surface area contributed by atoms with Gasteiger partial charge in [0.15, 0.2) is 0 Å². The van der Waals surface area contributed by atoms with E-state index in [1.807, 2.05) is 13.8 Å². The van der Waals surface area contributed by atoms with Crippen LogP contribution in [0.1, 0.15) is 33.6 Å². The third kappa shape index (κ3) is 6.53. The van der Waals surface area contributed by atoms with Crippen molar-refractivity contribution in [3.05, 3.63) is 0 Å². The van der Waals surface area contributed by atoms with Crippen LogP contribution in [0.3, 0.4) is 0 Å². The lowest BCUT2D eigenvalue weighted by Crippen LogP contribution is -2.40. The van der Waals surface area contributed by atoms with Crippen molar-refractivity contribution in [2.24, 2.45) is 5.73 Å². The van der Waals surface area contributed by atoms with E-state index in [0.717, 1.165) is 12.8 Å². The Kier molecular flexibility index (Phi) is 7.99. The molecule has 4 N–H and O–H groups in total. The zero-order chi connectivity index (χ0) is 13.4. The summed E-state index contributed by atoms with van der Waals surface area (Å²) in [6.45, 7) is 5.80. The van der Waals surface area contributed by atoms with Gasteiger partial charge >= 0.3 is 5.97 Å². The highest BCUT2D eigenvalue weighted by Crippen LogP contribution is 2.12. The molecule has 0 fully saturated rings. The number of hydrogen-bond donors (Lipinski definition) is 3. The monoisotopic (exact) mass is 262 g/mol. The summed E-state index contributed by atoms with van der Waals surface area (Å²) in [5.41, 5.74) is 5.37. The minimum absolute atomic E-state index is 0.0544. The first kappa shape index (κ1) is 16.2. The fourth-order valence-electron chi connectivity index (χ4n) is 1.21. The molecule has 6 heteroatoms. The molecule has 0 bridgehead atoms. The molecule has 0 aromatic carbocycles. The van der Waals surface area contributed by atoms with E-state index in [1.165, 1.54) is 11.8 Å². The molecule has 0 aliphatic carbocycles. The molecule has 0 rings (SSSR count). The van der Waals surface area contributed by atoms with Crippen molar-refractivity contribution in [1.82, 2.24) is 5.32 Å². The van der Waals surface area contributed by atoms with Gasteiger partial charge in [0, 0.05) is 11.8 Å². The van der Waals surface area contributed by atoms with E-state index in [2.05, 4.69) is 5.32 Å². The molecule has 0 aliphatic heterocycles. The van der Waals surface area contributed by atoms with Crippen molar-refractivity contribution in [2.75, 3.05) is 5.75 Å². The Labute approximate surface area is 107 Å². The number of nitrogens with two attached hydrogens (primary N) is 1. The summed E-state index contributed by atoms with van der Waals surface area (Å²) in [5, 5.41) is 11.3. The highest BCUT2D eigenvalue weighted by molar-refractivity contribution is 8.00. The van der Waals surface area contributed by atoms with E-state index in [0.29, 0.717) is 0 Å². The number of carboxylic acids is 1. The van der Waals surface area contributed by atoms with Gasteiger partial charge in [0.1, 0.15) is 6.04 Å². The van der Waals surface area contributed by atoms with Crippen LogP contribution < -0.4 is 11.1 Å². The standard InChI is InChI=1S/C11H22N2O3S/c1-4-8(5-2)13-10(14)7(3)17-6-9(12)11(15)16/h7-9H,4-6,12H2,1-3H3,(H,13,14)(H,15,16)/t7?,9-/m1/s1. The Hall–Kier alpha value is -0.750. The molecule has 5 nitrogen and oxygen atoms in total. The van der Waals surface area contributed by atoms with Gasteiger partial charge in [-0.15, -0.1) is 11.8 Å². The molecule has 17 heavy (non-hydrogen) atoms. The highest BCUT2D eigenvalue weighted by atomic mass is 32.2. The molecule has 2 atom stereocenters. The number of hydrogen-bond acceptors (Lipinski definition) is 4. The number of rotatable bonds is 8.